The number of anilines is 1. The van der Waals surface area contributed by atoms with Crippen molar-refractivity contribution in [1.29, 1.82) is 0 Å². The second kappa shape index (κ2) is 5.85. The maximum absolute atomic E-state index is 11.8. The molecule has 1 aliphatic heterocycles. The standard InChI is InChI=1S/C21H17NO2/c23-14-21-19-7-2-1-5-16(19)13-22(21)20-8-4-3-6-18(20)15-9-11-17(24)12-10-15/h1-12,14,21,24H,13H2. The van der Waals surface area contributed by atoms with Crippen LogP contribution in [-0.2, 0) is 11.3 Å². The fraction of sp³-hybridized carbons (Fsp3) is 0.0952. The molecule has 24 heavy (non-hydrogen) atoms. The number of aromatic hydroxyl groups is 1. The molecule has 0 aliphatic carbocycles. The van der Waals surface area contributed by atoms with Gasteiger partial charge in [-0.15, -0.1) is 0 Å². The molecule has 0 fully saturated rings. The summed E-state index contributed by atoms with van der Waals surface area (Å²) in [5.41, 5.74) is 5.36. The molecule has 0 saturated carbocycles. The Morgan fingerprint density at radius 2 is 1.62 bits per heavy atom. The zero-order chi connectivity index (χ0) is 16.5. The van der Waals surface area contributed by atoms with Crippen LogP contribution in [0.2, 0.25) is 0 Å². The second-order valence-corrected chi connectivity index (χ2v) is 5.97. The number of fused-ring (bicyclic) bond motifs is 1. The van der Waals surface area contributed by atoms with Crippen LogP contribution in [0.3, 0.4) is 0 Å². The number of benzene rings is 3. The number of phenols is 1. The smallest absolute Gasteiger partial charge is 0.147 e. The molecular weight excluding hydrogens is 298 g/mol. The van der Waals surface area contributed by atoms with Crippen LogP contribution in [0, 0.1) is 0 Å². The molecule has 0 saturated heterocycles. The Balaban J connectivity index is 1.81. The predicted molar refractivity (Wildman–Crippen MR) is 95.0 cm³/mol. The van der Waals surface area contributed by atoms with E-state index in [-0.39, 0.29) is 11.8 Å². The molecule has 1 unspecified atom stereocenters. The Labute approximate surface area is 140 Å². The van der Waals surface area contributed by atoms with E-state index < -0.39 is 0 Å². The van der Waals surface area contributed by atoms with Gasteiger partial charge < -0.3 is 14.8 Å². The zero-order valence-corrected chi connectivity index (χ0v) is 13.1. The van der Waals surface area contributed by atoms with Crippen molar-refractivity contribution in [2.45, 2.75) is 12.6 Å². The predicted octanol–water partition coefficient (Wildman–Crippen LogP) is 4.32. The number of carbonyl (C=O) groups is 1. The molecule has 0 bridgehead atoms. The lowest BCUT2D eigenvalue weighted by Gasteiger charge is -2.26. The monoisotopic (exact) mass is 315 g/mol. The molecule has 3 aromatic rings. The molecule has 0 aromatic heterocycles. The molecule has 1 N–H and O–H groups in total. The van der Waals surface area contributed by atoms with Crippen LogP contribution >= 0.6 is 0 Å². The molecular formula is C21H17NO2. The van der Waals surface area contributed by atoms with Crippen LogP contribution in [0.25, 0.3) is 11.1 Å². The summed E-state index contributed by atoms with van der Waals surface area (Å²) in [5.74, 6) is 0.246. The van der Waals surface area contributed by atoms with Gasteiger partial charge in [-0.25, -0.2) is 0 Å². The van der Waals surface area contributed by atoms with E-state index in [0.717, 1.165) is 28.7 Å². The van der Waals surface area contributed by atoms with E-state index in [1.807, 2.05) is 54.6 Å². The largest absolute Gasteiger partial charge is 0.508 e. The highest BCUT2D eigenvalue weighted by atomic mass is 16.3. The topological polar surface area (TPSA) is 40.5 Å². The van der Waals surface area contributed by atoms with Crippen molar-refractivity contribution in [2.24, 2.45) is 0 Å². The summed E-state index contributed by atoms with van der Waals surface area (Å²) >= 11 is 0. The van der Waals surface area contributed by atoms with Crippen LogP contribution < -0.4 is 4.90 Å². The highest BCUT2D eigenvalue weighted by molar-refractivity contribution is 5.83. The average molecular weight is 315 g/mol. The van der Waals surface area contributed by atoms with E-state index in [2.05, 4.69) is 11.0 Å². The van der Waals surface area contributed by atoms with Gasteiger partial charge in [0.2, 0.25) is 0 Å². The summed E-state index contributed by atoms with van der Waals surface area (Å²) in [7, 11) is 0. The Morgan fingerprint density at radius 1 is 0.917 bits per heavy atom. The lowest BCUT2D eigenvalue weighted by molar-refractivity contribution is -0.108. The van der Waals surface area contributed by atoms with Gasteiger partial charge in [-0.1, -0.05) is 54.6 Å². The molecule has 3 heteroatoms. The molecule has 1 heterocycles. The van der Waals surface area contributed by atoms with E-state index >= 15 is 0 Å². The second-order valence-electron chi connectivity index (χ2n) is 5.97. The van der Waals surface area contributed by atoms with Gasteiger partial charge >= 0.3 is 0 Å². The molecule has 3 aromatic carbocycles. The van der Waals surface area contributed by atoms with Crippen molar-refractivity contribution in [3.63, 3.8) is 0 Å². The van der Waals surface area contributed by atoms with Gasteiger partial charge in [0.25, 0.3) is 0 Å². The molecule has 1 aliphatic rings. The van der Waals surface area contributed by atoms with Gasteiger partial charge in [-0.2, -0.15) is 0 Å². The van der Waals surface area contributed by atoms with E-state index in [0.29, 0.717) is 6.54 Å². The van der Waals surface area contributed by atoms with Crippen LogP contribution in [0.4, 0.5) is 5.69 Å². The highest BCUT2D eigenvalue weighted by Crippen LogP contribution is 2.41. The fourth-order valence-electron chi connectivity index (χ4n) is 3.41. The van der Waals surface area contributed by atoms with Gasteiger partial charge in [0, 0.05) is 17.8 Å². The first-order valence-electron chi connectivity index (χ1n) is 7.96. The van der Waals surface area contributed by atoms with Crippen LogP contribution in [0.5, 0.6) is 5.75 Å². The van der Waals surface area contributed by atoms with Gasteiger partial charge in [-0.3, -0.25) is 0 Å². The summed E-state index contributed by atoms with van der Waals surface area (Å²) in [4.78, 5) is 13.9. The van der Waals surface area contributed by atoms with Crippen LogP contribution in [0.15, 0.2) is 72.8 Å². The third kappa shape index (κ3) is 2.35. The number of phenolic OH excluding ortho intramolecular Hbond substituents is 1. The Hall–Kier alpha value is -3.07. The average Bonchev–Trinajstić information content (AvgIpc) is 3.01. The number of aldehydes is 1. The van der Waals surface area contributed by atoms with Crippen LogP contribution in [0.1, 0.15) is 17.2 Å². The van der Waals surface area contributed by atoms with Crippen molar-refractivity contribution < 1.29 is 9.90 Å². The first kappa shape index (κ1) is 14.5. The Morgan fingerprint density at radius 3 is 2.42 bits per heavy atom. The minimum atomic E-state index is -0.264. The van der Waals surface area contributed by atoms with E-state index in [9.17, 15) is 9.90 Å². The maximum atomic E-state index is 11.8. The molecule has 1 atom stereocenters. The summed E-state index contributed by atoms with van der Waals surface area (Å²) in [6.07, 6.45) is 1.01. The number of hydrogen-bond donors (Lipinski definition) is 1. The molecule has 4 rings (SSSR count). The molecule has 118 valence electrons. The van der Waals surface area contributed by atoms with Crippen molar-refractivity contribution in [2.75, 3.05) is 4.90 Å². The van der Waals surface area contributed by atoms with Crippen molar-refractivity contribution in [3.05, 3.63) is 83.9 Å². The highest BCUT2D eigenvalue weighted by Gasteiger charge is 2.30. The SMILES string of the molecule is O=CC1c2ccccc2CN1c1ccccc1-c1ccc(O)cc1. The number of para-hydroxylation sites is 1. The first-order chi connectivity index (χ1) is 11.8. The van der Waals surface area contributed by atoms with E-state index in [4.69, 9.17) is 0 Å². The third-order valence-electron chi connectivity index (χ3n) is 4.57. The van der Waals surface area contributed by atoms with Crippen LogP contribution in [-0.4, -0.2) is 11.4 Å². The van der Waals surface area contributed by atoms with Crippen molar-refractivity contribution >= 4 is 12.0 Å². The van der Waals surface area contributed by atoms with E-state index in [1.165, 1.54) is 5.56 Å². The summed E-state index contributed by atoms with van der Waals surface area (Å²) in [6.45, 7) is 0.717. The number of rotatable bonds is 3. The molecule has 0 spiro atoms. The Bertz CT molecular complexity index is 886. The lowest BCUT2D eigenvalue weighted by atomic mass is 10.0. The van der Waals surface area contributed by atoms with Gasteiger partial charge in [-0.05, 0) is 34.9 Å². The lowest BCUT2D eigenvalue weighted by Crippen LogP contribution is -2.23. The van der Waals surface area contributed by atoms with E-state index in [1.54, 1.807) is 12.1 Å². The maximum Gasteiger partial charge on any atom is 0.147 e. The molecule has 0 radical (unpaired) electrons. The van der Waals surface area contributed by atoms with Crippen molar-refractivity contribution in [3.8, 4) is 16.9 Å². The molecule has 3 nitrogen and oxygen atoms in total. The number of carbonyl (C=O) groups excluding carboxylic acids is 1. The first-order valence-corrected chi connectivity index (χ1v) is 7.96. The van der Waals surface area contributed by atoms with Gasteiger partial charge in [0.1, 0.15) is 18.1 Å². The minimum absolute atomic E-state index is 0.246. The number of hydrogen-bond acceptors (Lipinski definition) is 3. The summed E-state index contributed by atoms with van der Waals surface area (Å²) in [5, 5.41) is 9.53. The minimum Gasteiger partial charge on any atom is -0.508 e. The quantitative estimate of drug-likeness (QED) is 0.732. The molecule has 0 amide bonds. The summed E-state index contributed by atoms with van der Waals surface area (Å²) < 4.78 is 0. The Kier molecular flexibility index (Phi) is 3.54. The van der Waals surface area contributed by atoms with Crippen molar-refractivity contribution in [1.82, 2.24) is 0 Å². The normalized spacial score (nSPS) is 16.0. The number of nitrogens with zero attached hydrogens (tertiary/aromatic N) is 1. The zero-order valence-electron chi connectivity index (χ0n) is 13.1. The third-order valence-corrected chi connectivity index (χ3v) is 4.57. The van der Waals surface area contributed by atoms with Gasteiger partial charge in [0.05, 0.1) is 0 Å². The van der Waals surface area contributed by atoms with Gasteiger partial charge in [0.15, 0.2) is 0 Å². The summed E-state index contributed by atoms with van der Waals surface area (Å²) in [6, 6.07) is 23.1. The fourth-order valence-corrected chi connectivity index (χ4v) is 3.41.